The van der Waals surface area contributed by atoms with Crippen molar-refractivity contribution in [1.29, 1.82) is 0 Å². The van der Waals surface area contributed by atoms with Gasteiger partial charge in [0.15, 0.2) is 0 Å². The van der Waals surface area contributed by atoms with E-state index in [1.165, 1.54) is 141 Å². The third-order valence-electron chi connectivity index (χ3n) is 6.32. The molecule has 1 rings (SSSR count). The lowest BCUT2D eigenvalue weighted by atomic mass is 10.0. The molecule has 0 atom stereocenters. The van der Waals surface area contributed by atoms with Crippen molar-refractivity contribution in [3.8, 4) is 0 Å². The van der Waals surface area contributed by atoms with Gasteiger partial charge in [-0.15, -0.1) is 0 Å². The van der Waals surface area contributed by atoms with Crippen molar-refractivity contribution in [2.75, 3.05) is 0 Å². The quantitative estimate of drug-likeness (QED) is 0.454. The van der Waals surface area contributed by atoms with Gasteiger partial charge in [0.05, 0.1) is 6.10 Å². The second kappa shape index (κ2) is 19.7. The molecule has 0 saturated heterocycles. The number of rotatable bonds is 0. The van der Waals surface area contributed by atoms with Gasteiger partial charge in [-0.2, -0.15) is 0 Å². The SMILES string of the molecule is OC1CCCCCCCCCCCCCCCCCCCCCCCC1. The highest BCUT2D eigenvalue weighted by molar-refractivity contribution is 4.58. The van der Waals surface area contributed by atoms with Crippen LogP contribution in [0.4, 0.5) is 0 Å². The molecule has 1 N–H and O–H groups in total. The first-order valence-corrected chi connectivity index (χ1v) is 12.6. The number of hydrogen-bond donors (Lipinski definition) is 1. The summed E-state index contributed by atoms with van der Waals surface area (Å²) in [7, 11) is 0. The Morgan fingerprint density at radius 2 is 0.423 bits per heavy atom. The third-order valence-corrected chi connectivity index (χ3v) is 6.32. The first-order chi connectivity index (χ1) is 12.9. The maximum absolute atomic E-state index is 10.1. The van der Waals surface area contributed by atoms with Crippen LogP contribution in [0.15, 0.2) is 0 Å². The standard InChI is InChI=1S/C25H50O/c26-25-23-21-19-17-15-13-11-9-7-5-3-1-2-4-6-8-10-12-14-16-18-20-22-24-25/h25-26H,1-24H2. The van der Waals surface area contributed by atoms with Crippen molar-refractivity contribution in [3.05, 3.63) is 0 Å². The molecule has 1 aliphatic carbocycles. The highest BCUT2D eigenvalue weighted by atomic mass is 16.3. The van der Waals surface area contributed by atoms with E-state index >= 15 is 0 Å². The molecule has 0 radical (unpaired) electrons. The smallest absolute Gasteiger partial charge is 0.0540 e. The van der Waals surface area contributed by atoms with E-state index in [9.17, 15) is 5.11 Å². The van der Waals surface area contributed by atoms with Crippen LogP contribution < -0.4 is 0 Å². The second-order valence-corrected chi connectivity index (χ2v) is 9.01. The van der Waals surface area contributed by atoms with Gasteiger partial charge in [0.1, 0.15) is 0 Å². The van der Waals surface area contributed by atoms with Gasteiger partial charge in [0.2, 0.25) is 0 Å². The van der Waals surface area contributed by atoms with Crippen LogP contribution in [0.25, 0.3) is 0 Å². The molecule has 0 aliphatic heterocycles. The second-order valence-electron chi connectivity index (χ2n) is 9.01. The summed E-state index contributed by atoms with van der Waals surface area (Å²) in [4.78, 5) is 0. The van der Waals surface area contributed by atoms with Gasteiger partial charge in [0.25, 0.3) is 0 Å². The molecule has 1 nitrogen and oxygen atoms in total. The summed E-state index contributed by atoms with van der Waals surface area (Å²) in [6.07, 6.45) is 33.2. The van der Waals surface area contributed by atoms with E-state index in [0.717, 1.165) is 12.8 Å². The fourth-order valence-electron chi connectivity index (χ4n) is 4.44. The van der Waals surface area contributed by atoms with Crippen LogP contribution in [0.1, 0.15) is 154 Å². The number of hydrogen-bond acceptors (Lipinski definition) is 1. The Bertz CT molecular complexity index is 237. The molecule has 26 heavy (non-hydrogen) atoms. The average molecular weight is 367 g/mol. The molecule has 0 aromatic heterocycles. The Kier molecular flexibility index (Phi) is 18.2. The van der Waals surface area contributed by atoms with Crippen LogP contribution in [0.2, 0.25) is 0 Å². The topological polar surface area (TPSA) is 20.2 Å². The van der Waals surface area contributed by atoms with Crippen LogP contribution in [0.3, 0.4) is 0 Å². The number of aliphatic hydroxyl groups is 1. The Morgan fingerprint density at radius 1 is 0.269 bits per heavy atom. The zero-order valence-corrected chi connectivity index (χ0v) is 18.0. The molecule has 0 spiro atoms. The summed E-state index contributed by atoms with van der Waals surface area (Å²) in [5.41, 5.74) is 0. The van der Waals surface area contributed by atoms with Crippen molar-refractivity contribution in [1.82, 2.24) is 0 Å². The molecular weight excluding hydrogens is 316 g/mol. The minimum absolute atomic E-state index is 0.0236. The van der Waals surface area contributed by atoms with E-state index < -0.39 is 0 Å². The van der Waals surface area contributed by atoms with E-state index in [-0.39, 0.29) is 6.10 Å². The monoisotopic (exact) mass is 366 g/mol. The highest BCUT2D eigenvalue weighted by Crippen LogP contribution is 2.17. The Balaban J connectivity index is 2.07. The van der Waals surface area contributed by atoms with Crippen LogP contribution in [0, 0.1) is 0 Å². The van der Waals surface area contributed by atoms with Crippen molar-refractivity contribution in [3.63, 3.8) is 0 Å². The molecule has 1 aliphatic rings. The molecule has 0 amide bonds. The van der Waals surface area contributed by atoms with E-state index in [0.29, 0.717) is 0 Å². The maximum atomic E-state index is 10.1. The minimum Gasteiger partial charge on any atom is -0.393 e. The lowest BCUT2D eigenvalue weighted by Crippen LogP contribution is -2.05. The summed E-state index contributed by atoms with van der Waals surface area (Å²) in [5.74, 6) is 0. The molecular formula is C25H50O. The third kappa shape index (κ3) is 17.4. The van der Waals surface area contributed by atoms with Crippen LogP contribution >= 0.6 is 0 Å². The largest absolute Gasteiger partial charge is 0.393 e. The Labute approximate surface area is 165 Å². The molecule has 0 aromatic carbocycles. The Morgan fingerprint density at radius 3 is 0.615 bits per heavy atom. The summed E-state index contributed by atoms with van der Waals surface area (Å²) < 4.78 is 0. The van der Waals surface area contributed by atoms with Crippen LogP contribution in [-0.4, -0.2) is 11.2 Å². The lowest BCUT2D eigenvalue weighted by Gasteiger charge is -2.10. The first kappa shape index (κ1) is 24.0. The Hall–Kier alpha value is -0.0400. The fraction of sp³-hybridized carbons (Fsp3) is 1.00. The van der Waals surface area contributed by atoms with Crippen molar-refractivity contribution in [2.45, 2.75) is 160 Å². The van der Waals surface area contributed by atoms with Crippen molar-refractivity contribution >= 4 is 0 Å². The molecule has 156 valence electrons. The first-order valence-electron chi connectivity index (χ1n) is 12.6. The van der Waals surface area contributed by atoms with Crippen LogP contribution in [-0.2, 0) is 0 Å². The van der Waals surface area contributed by atoms with E-state index in [2.05, 4.69) is 0 Å². The van der Waals surface area contributed by atoms with Gasteiger partial charge in [-0.3, -0.25) is 0 Å². The summed E-state index contributed by atoms with van der Waals surface area (Å²) in [6, 6.07) is 0. The zero-order chi connectivity index (χ0) is 18.5. The summed E-state index contributed by atoms with van der Waals surface area (Å²) in [5, 5.41) is 10.1. The molecule has 0 unspecified atom stereocenters. The maximum Gasteiger partial charge on any atom is 0.0540 e. The normalized spacial score (nSPS) is 24.3. The molecule has 1 saturated carbocycles. The van der Waals surface area contributed by atoms with Gasteiger partial charge in [-0.25, -0.2) is 0 Å². The summed E-state index contributed by atoms with van der Waals surface area (Å²) >= 11 is 0. The van der Waals surface area contributed by atoms with Crippen LogP contribution in [0.5, 0.6) is 0 Å². The van der Waals surface area contributed by atoms with Crippen molar-refractivity contribution < 1.29 is 5.11 Å². The fourth-order valence-corrected chi connectivity index (χ4v) is 4.44. The lowest BCUT2D eigenvalue weighted by molar-refractivity contribution is 0.147. The van der Waals surface area contributed by atoms with Gasteiger partial charge in [0, 0.05) is 0 Å². The molecule has 0 aromatic rings. The molecule has 0 bridgehead atoms. The van der Waals surface area contributed by atoms with E-state index in [1.54, 1.807) is 0 Å². The van der Waals surface area contributed by atoms with Gasteiger partial charge in [-0.1, -0.05) is 141 Å². The van der Waals surface area contributed by atoms with Gasteiger partial charge in [-0.05, 0) is 12.8 Å². The zero-order valence-electron chi connectivity index (χ0n) is 18.0. The van der Waals surface area contributed by atoms with Gasteiger partial charge >= 0.3 is 0 Å². The molecule has 1 fully saturated rings. The van der Waals surface area contributed by atoms with E-state index in [1.807, 2.05) is 0 Å². The predicted octanol–water partition coefficient (Wildman–Crippen LogP) is 8.72. The number of aliphatic hydroxyl groups excluding tert-OH is 1. The minimum atomic E-state index is -0.0236. The average Bonchev–Trinajstić information content (AvgIpc) is 2.64. The molecule has 1 heteroatoms. The highest BCUT2D eigenvalue weighted by Gasteiger charge is 2.04. The summed E-state index contributed by atoms with van der Waals surface area (Å²) in [6.45, 7) is 0. The predicted molar refractivity (Wildman–Crippen MR) is 117 cm³/mol. The molecule has 0 heterocycles. The van der Waals surface area contributed by atoms with Gasteiger partial charge < -0.3 is 5.11 Å². The van der Waals surface area contributed by atoms with Crippen molar-refractivity contribution in [2.24, 2.45) is 0 Å². The van der Waals surface area contributed by atoms with E-state index in [4.69, 9.17) is 0 Å².